The normalized spacial score (nSPS) is 12.3. The van der Waals surface area contributed by atoms with Crippen LogP contribution in [0.1, 0.15) is 34.0 Å². The molecule has 0 aliphatic carbocycles. The van der Waals surface area contributed by atoms with Gasteiger partial charge in [0, 0.05) is 29.4 Å². The SMILES string of the molecule is O=C(CC(c1ccccc1)c1c[nH]c2ccccc12)c1ccco1. The number of H-pyrrole nitrogens is 1. The van der Waals surface area contributed by atoms with Crippen LogP contribution in [0.3, 0.4) is 0 Å². The highest BCUT2D eigenvalue weighted by Gasteiger charge is 2.23. The molecule has 118 valence electrons. The van der Waals surface area contributed by atoms with Crippen LogP contribution in [0.2, 0.25) is 0 Å². The Bertz CT molecular complexity index is 952. The van der Waals surface area contributed by atoms with Gasteiger partial charge in [0.15, 0.2) is 11.5 Å². The summed E-state index contributed by atoms with van der Waals surface area (Å²) in [5.41, 5.74) is 3.35. The van der Waals surface area contributed by atoms with Crippen LogP contribution in [-0.2, 0) is 0 Å². The van der Waals surface area contributed by atoms with Crippen LogP contribution >= 0.6 is 0 Å². The molecule has 0 aliphatic rings. The quantitative estimate of drug-likeness (QED) is 0.517. The van der Waals surface area contributed by atoms with E-state index >= 15 is 0 Å². The number of furan rings is 1. The number of para-hydroxylation sites is 1. The van der Waals surface area contributed by atoms with E-state index in [9.17, 15) is 4.79 Å². The Morgan fingerprint density at radius 1 is 0.958 bits per heavy atom. The molecule has 0 radical (unpaired) electrons. The van der Waals surface area contributed by atoms with E-state index in [2.05, 4.69) is 29.2 Å². The first-order valence-corrected chi connectivity index (χ1v) is 8.00. The number of ketones is 1. The van der Waals surface area contributed by atoms with Crippen molar-refractivity contribution < 1.29 is 9.21 Å². The molecule has 0 saturated carbocycles. The molecule has 1 unspecified atom stereocenters. The van der Waals surface area contributed by atoms with Gasteiger partial charge in [-0.15, -0.1) is 0 Å². The summed E-state index contributed by atoms with van der Waals surface area (Å²) in [7, 11) is 0. The minimum atomic E-state index is -0.0139. The van der Waals surface area contributed by atoms with Crippen LogP contribution < -0.4 is 0 Å². The molecule has 0 fully saturated rings. The predicted octanol–water partition coefficient (Wildman–Crippen LogP) is 5.17. The third-order valence-corrected chi connectivity index (χ3v) is 4.38. The second-order valence-corrected chi connectivity index (χ2v) is 5.86. The molecule has 2 heterocycles. The molecule has 0 bridgehead atoms. The van der Waals surface area contributed by atoms with Crippen molar-refractivity contribution in [1.82, 2.24) is 4.98 Å². The predicted molar refractivity (Wildman–Crippen MR) is 94.2 cm³/mol. The maximum atomic E-state index is 12.6. The van der Waals surface area contributed by atoms with Crippen molar-refractivity contribution in [3.8, 4) is 0 Å². The Hall–Kier alpha value is -3.07. The summed E-state index contributed by atoms with van der Waals surface area (Å²) < 4.78 is 5.28. The molecule has 2 aromatic carbocycles. The zero-order valence-corrected chi connectivity index (χ0v) is 13.1. The van der Waals surface area contributed by atoms with E-state index in [1.54, 1.807) is 12.1 Å². The summed E-state index contributed by atoms with van der Waals surface area (Å²) >= 11 is 0. The molecule has 0 spiro atoms. The number of nitrogens with one attached hydrogen (secondary N) is 1. The zero-order valence-electron chi connectivity index (χ0n) is 13.1. The van der Waals surface area contributed by atoms with Gasteiger partial charge < -0.3 is 9.40 Å². The fraction of sp³-hybridized carbons (Fsp3) is 0.0952. The lowest BCUT2D eigenvalue weighted by molar-refractivity contribution is 0.0951. The molecule has 4 rings (SSSR count). The van der Waals surface area contributed by atoms with E-state index in [0.717, 1.165) is 22.0 Å². The van der Waals surface area contributed by atoms with Crippen LogP contribution in [-0.4, -0.2) is 10.8 Å². The summed E-state index contributed by atoms with van der Waals surface area (Å²) in [6.07, 6.45) is 3.92. The third-order valence-electron chi connectivity index (χ3n) is 4.38. The number of carbonyl (C=O) groups excluding carboxylic acids is 1. The Balaban J connectivity index is 1.77. The van der Waals surface area contributed by atoms with Crippen molar-refractivity contribution in [3.05, 3.63) is 96.1 Å². The van der Waals surface area contributed by atoms with Crippen LogP contribution in [0.25, 0.3) is 10.9 Å². The van der Waals surface area contributed by atoms with E-state index in [4.69, 9.17) is 4.42 Å². The number of carbonyl (C=O) groups is 1. The Labute approximate surface area is 139 Å². The topological polar surface area (TPSA) is 46.0 Å². The Kier molecular flexibility index (Phi) is 3.75. The van der Waals surface area contributed by atoms with Gasteiger partial charge in [-0.05, 0) is 29.3 Å². The first-order chi connectivity index (χ1) is 11.8. The van der Waals surface area contributed by atoms with Crippen molar-refractivity contribution in [2.75, 3.05) is 0 Å². The van der Waals surface area contributed by atoms with Gasteiger partial charge in [0.25, 0.3) is 0 Å². The van der Waals surface area contributed by atoms with Gasteiger partial charge in [0.2, 0.25) is 0 Å². The summed E-state index contributed by atoms with van der Waals surface area (Å²) in [4.78, 5) is 15.9. The van der Waals surface area contributed by atoms with Crippen molar-refractivity contribution in [2.45, 2.75) is 12.3 Å². The molecular formula is C21H17NO2. The van der Waals surface area contributed by atoms with Crippen molar-refractivity contribution >= 4 is 16.7 Å². The van der Waals surface area contributed by atoms with E-state index in [1.807, 2.05) is 36.5 Å². The second kappa shape index (κ2) is 6.20. The number of aromatic amines is 1. The van der Waals surface area contributed by atoms with Gasteiger partial charge in [0.1, 0.15) is 0 Å². The molecule has 3 heteroatoms. The number of hydrogen-bond donors (Lipinski definition) is 1. The molecule has 3 nitrogen and oxygen atoms in total. The molecule has 0 aliphatic heterocycles. The number of hydrogen-bond acceptors (Lipinski definition) is 2. The van der Waals surface area contributed by atoms with Crippen molar-refractivity contribution in [1.29, 1.82) is 0 Å². The fourth-order valence-electron chi connectivity index (χ4n) is 3.20. The molecule has 1 atom stereocenters. The van der Waals surface area contributed by atoms with Gasteiger partial charge in [-0.1, -0.05) is 48.5 Å². The second-order valence-electron chi connectivity index (χ2n) is 5.86. The van der Waals surface area contributed by atoms with Crippen molar-refractivity contribution in [2.24, 2.45) is 0 Å². The largest absolute Gasteiger partial charge is 0.461 e. The molecule has 24 heavy (non-hydrogen) atoms. The lowest BCUT2D eigenvalue weighted by Gasteiger charge is -2.16. The fourth-order valence-corrected chi connectivity index (χ4v) is 3.20. The minimum absolute atomic E-state index is 0.0131. The number of fused-ring (bicyclic) bond motifs is 1. The summed E-state index contributed by atoms with van der Waals surface area (Å²) in [5.74, 6) is 0.412. The van der Waals surface area contributed by atoms with E-state index in [1.165, 1.54) is 6.26 Å². The molecule has 4 aromatic rings. The maximum Gasteiger partial charge on any atom is 0.198 e. The zero-order chi connectivity index (χ0) is 16.4. The highest BCUT2D eigenvalue weighted by atomic mass is 16.3. The number of Topliss-reactive ketones (excluding diaryl/α,β-unsaturated/α-hetero) is 1. The van der Waals surface area contributed by atoms with Crippen LogP contribution in [0.15, 0.2) is 83.6 Å². The average Bonchev–Trinajstić information content (AvgIpc) is 3.30. The minimum Gasteiger partial charge on any atom is -0.461 e. The van der Waals surface area contributed by atoms with Crippen molar-refractivity contribution in [3.63, 3.8) is 0 Å². The first-order valence-electron chi connectivity index (χ1n) is 8.00. The molecular weight excluding hydrogens is 298 g/mol. The highest BCUT2D eigenvalue weighted by molar-refractivity contribution is 5.95. The standard InChI is InChI=1S/C21H17NO2/c23-20(21-11-6-12-24-21)13-17(15-7-2-1-3-8-15)18-14-22-19-10-5-4-9-16(18)19/h1-12,14,17,22H,13H2. The number of rotatable bonds is 5. The summed E-state index contributed by atoms with van der Waals surface area (Å²) in [6, 6.07) is 21.8. The summed E-state index contributed by atoms with van der Waals surface area (Å²) in [5, 5.41) is 1.15. The Morgan fingerprint density at radius 2 is 1.75 bits per heavy atom. The lowest BCUT2D eigenvalue weighted by Crippen LogP contribution is -2.08. The molecule has 1 N–H and O–H groups in total. The van der Waals surface area contributed by atoms with Gasteiger partial charge in [-0.2, -0.15) is 0 Å². The summed E-state index contributed by atoms with van der Waals surface area (Å²) in [6.45, 7) is 0. The van der Waals surface area contributed by atoms with Crippen LogP contribution in [0, 0.1) is 0 Å². The van der Waals surface area contributed by atoms with E-state index in [0.29, 0.717) is 12.2 Å². The monoisotopic (exact) mass is 315 g/mol. The third kappa shape index (κ3) is 2.65. The van der Waals surface area contributed by atoms with Gasteiger partial charge in [-0.25, -0.2) is 0 Å². The average molecular weight is 315 g/mol. The highest BCUT2D eigenvalue weighted by Crippen LogP contribution is 2.34. The molecule has 2 aromatic heterocycles. The first kappa shape index (κ1) is 14.5. The molecule has 0 amide bonds. The maximum absolute atomic E-state index is 12.6. The van der Waals surface area contributed by atoms with Crippen LogP contribution in [0.4, 0.5) is 0 Å². The number of benzene rings is 2. The smallest absolute Gasteiger partial charge is 0.198 e. The van der Waals surface area contributed by atoms with Gasteiger partial charge in [0.05, 0.1) is 6.26 Å². The van der Waals surface area contributed by atoms with Gasteiger partial charge in [-0.3, -0.25) is 4.79 Å². The van der Waals surface area contributed by atoms with Crippen LogP contribution in [0.5, 0.6) is 0 Å². The van der Waals surface area contributed by atoms with E-state index < -0.39 is 0 Å². The lowest BCUT2D eigenvalue weighted by atomic mass is 9.86. The van der Waals surface area contributed by atoms with Gasteiger partial charge >= 0.3 is 0 Å². The Morgan fingerprint density at radius 3 is 2.54 bits per heavy atom. The molecule has 0 saturated heterocycles. The van der Waals surface area contributed by atoms with E-state index in [-0.39, 0.29) is 11.7 Å². The number of aromatic nitrogens is 1.